The van der Waals surface area contributed by atoms with E-state index in [1.165, 1.54) is 34.4 Å². The molecule has 5 heteroatoms. The summed E-state index contributed by atoms with van der Waals surface area (Å²) in [5, 5.41) is 3.76. The van der Waals surface area contributed by atoms with Gasteiger partial charge in [0.2, 0.25) is 0 Å². The van der Waals surface area contributed by atoms with Gasteiger partial charge in [-0.25, -0.2) is 0 Å². The SMILES string of the molecule is CS/C(=C\C(=O)c1cccs1)[C@H](C)C(=O)c1cccs1. The number of thioether (sulfide) groups is 1. The first kappa shape index (κ1) is 15.2. The number of ketones is 2. The minimum absolute atomic E-state index is 0.0322. The van der Waals surface area contributed by atoms with Crippen LogP contribution in [0.3, 0.4) is 0 Å². The second kappa shape index (κ2) is 7.02. The Morgan fingerprint density at radius 1 is 1.15 bits per heavy atom. The maximum Gasteiger partial charge on any atom is 0.196 e. The van der Waals surface area contributed by atoms with Crippen LogP contribution in [0.4, 0.5) is 0 Å². The van der Waals surface area contributed by atoms with Crippen molar-refractivity contribution < 1.29 is 9.59 Å². The zero-order valence-corrected chi connectivity index (χ0v) is 13.6. The molecule has 0 saturated carbocycles. The summed E-state index contributed by atoms with van der Waals surface area (Å²) in [6, 6.07) is 7.34. The molecule has 0 saturated heterocycles. The van der Waals surface area contributed by atoms with Crippen molar-refractivity contribution >= 4 is 46.0 Å². The third-order valence-corrected chi connectivity index (χ3v) is 5.57. The highest BCUT2D eigenvalue weighted by molar-refractivity contribution is 8.02. The maximum absolute atomic E-state index is 12.3. The monoisotopic (exact) mass is 322 g/mol. The molecule has 20 heavy (non-hydrogen) atoms. The lowest BCUT2D eigenvalue weighted by molar-refractivity contribution is 0.0955. The standard InChI is InChI=1S/C15H14O2S3/c1-10(15(17)13-6-4-8-20-13)14(18-2)9-11(16)12-5-3-7-19-12/h3-10H,1-2H3/b14-9-/t10-/m0/s1. The summed E-state index contributed by atoms with van der Waals surface area (Å²) >= 11 is 4.31. The van der Waals surface area contributed by atoms with E-state index in [4.69, 9.17) is 0 Å². The number of carbonyl (C=O) groups excluding carboxylic acids is 2. The van der Waals surface area contributed by atoms with Gasteiger partial charge >= 0.3 is 0 Å². The van der Waals surface area contributed by atoms with E-state index in [0.717, 1.165) is 9.78 Å². The number of hydrogen-bond acceptors (Lipinski definition) is 5. The van der Waals surface area contributed by atoms with Gasteiger partial charge in [-0.2, -0.15) is 0 Å². The van der Waals surface area contributed by atoms with E-state index in [0.29, 0.717) is 4.88 Å². The van der Waals surface area contributed by atoms with Crippen LogP contribution in [0.15, 0.2) is 46.0 Å². The fraction of sp³-hybridized carbons (Fsp3) is 0.200. The summed E-state index contributed by atoms with van der Waals surface area (Å²) in [5.74, 6) is -0.248. The number of rotatable bonds is 6. The van der Waals surface area contributed by atoms with Crippen LogP contribution in [0.25, 0.3) is 0 Å². The van der Waals surface area contributed by atoms with Crippen molar-refractivity contribution in [2.24, 2.45) is 5.92 Å². The molecule has 0 aromatic carbocycles. The van der Waals surface area contributed by atoms with Crippen LogP contribution in [0.1, 0.15) is 26.3 Å². The van der Waals surface area contributed by atoms with E-state index in [1.54, 1.807) is 12.1 Å². The molecule has 0 amide bonds. The van der Waals surface area contributed by atoms with E-state index >= 15 is 0 Å². The Bertz CT molecular complexity index is 610. The minimum atomic E-state index is -0.285. The molecule has 2 rings (SSSR count). The average molecular weight is 322 g/mol. The Morgan fingerprint density at radius 3 is 2.25 bits per heavy atom. The molecule has 104 valence electrons. The van der Waals surface area contributed by atoms with Crippen molar-refractivity contribution in [3.8, 4) is 0 Å². The molecule has 2 heterocycles. The molecule has 0 aliphatic rings. The van der Waals surface area contributed by atoms with Gasteiger partial charge in [-0.15, -0.1) is 34.4 Å². The van der Waals surface area contributed by atoms with Crippen molar-refractivity contribution in [2.75, 3.05) is 6.26 Å². The first-order valence-corrected chi connectivity index (χ1v) is 9.03. The molecule has 0 radical (unpaired) electrons. The van der Waals surface area contributed by atoms with E-state index in [-0.39, 0.29) is 17.5 Å². The summed E-state index contributed by atoms with van der Waals surface area (Å²) < 4.78 is 0. The minimum Gasteiger partial charge on any atom is -0.293 e. The normalized spacial score (nSPS) is 13.2. The van der Waals surface area contributed by atoms with Crippen LogP contribution in [0.2, 0.25) is 0 Å². The first-order valence-electron chi connectivity index (χ1n) is 6.04. The Morgan fingerprint density at radius 2 is 1.75 bits per heavy atom. The highest BCUT2D eigenvalue weighted by Crippen LogP contribution is 2.27. The Balaban J connectivity index is 2.19. The van der Waals surface area contributed by atoms with Crippen molar-refractivity contribution in [3.05, 3.63) is 55.8 Å². The van der Waals surface area contributed by atoms with Gasteiger partial charge in [-0.05, 0) is 40.1 Å². The maximum atomic E-state index is 12.3. The highest BCUT2D eigenvalue weighted by atomic mass is 32.2. The average Bonchev–Trinajstić information content (AvgIpc) is 3.15. The van der Waals surface area contributed by atoms with Crippen molar-refractivity contribution in [3.63, 3.8) is 0 Å². The lowest BCUT2D eigenvalue weighted by Gasteiger charge is -2.11. The second-order valence-electron chi connectivity index (χ2n) is 4.16. The van der Waals surface area contributed by atoms with Crippen LogP contribution in [0.5, 0.6) is 0 Å². The quantitative estimate of drug-likeness (QED) is 0.568. The molecule has 0 aliphatic carbocycles. The molecular weight excluding hydrogens is 308 g/mol. The molecule has 0 fully saturated rings. The van der Waals surface area contributed by atoms with Gasteiger partial charge in [0.15, 0.2) is 11.6 Å². The summed E-state index contributed by atoms with van der Waals surface area (Å²) in [7, 11) is 0. The zero-order chi connectivity index (χ0) is 14.5. The molecule has 0 bridgehead atoms. The Kier molecular flexibility index (Phi) is 5.34. The lowest BCUT2D eigenvalue weighted by Crippen LogP contribution is -2.12. The van der Waals surface area contributed by atoms with E-state index in [1.807, 2.05) is 42.1 Å². The third kappa shape index (κ3) is 3.48. The first-order chi connectivity index (χ1) is 9.63. The van der Waals surface area contributed by atoms with Crippen LogP contribution in [-0.4, -0.2) is 17.8 Å². The summed E-state index contributed by atoms with van der Waals surface area (Å²) in [5.41, 5.74) is 0. The van der Waals surface area contributed by atoms with E-state index in [2.05, 4.69) is 0 Å². The number of hydrogen-bond donors (Lipinski definition) is 0. The topological polar surface area (TPSA) is 34.1 Å². The van der Waals surface area contributed by atoms with Gasteiger partial charge in [0, 0.05) is 0 Å². The molecule has 0 spiro atoms. The van der Waals surface area contributed by atoms with Crippen LogP contribution in [0, 0.1) is 5.92 Å². The van der Waals surface area contributed by atoms with E-state index < -0.39 is 0 Å². The van der Waals surface area contributed by atoms with Gasteiger partial charge in [0.25, 0.3) is 0 Å². The van der Waals surface area contributed by atoms with Gasteiger partial charge < -0.3 is 0 Å². The number of carbonyl (C=O) groups is 2. The van der Waals surface area contributed by atoms with E-state index in [9.17, 15) is 9.59 Å². The van der Waals surface area contributed by atoms with Crippen LogP contribution >= 0.6 is 34.4 Å². The van der Waals surface area contributed by atoms with Crippen molar-refractivity contribution in [1.82, 2.24) is 0 Å². The lowest BCUT2D eigenvalue weighted by atomic mass is 10.0. The molecule has 0 N–H and O–H groups in total. The molecular formula is C15H14O2S3. The molecule has 2 nitrogen and oxygen atoms in total. The van der Waals surface area contributed by atoms with Gasteiger partial charge in [0.05, 0.1) is 15.7 Å². The largest absolute Gasteiger partial charge is 0.293 e. The molecule has 1 atom stereocenters. The number of Topliss-reactive ketones (excluding diaryl/α,β-unsaturated/α-hetero) is 1. The van der Waals surface area contributed by atoms with Crippen molar-refractivity contribution in [2.45, 2.75) is 6.92 Å². The fourth-order valence-electron chi connectivity index (χ4n) is 1.74. The fourth-order valence-corrected chi connectivity index (χ4v) is 3.82. The zero-order valence-electron chi connectivity index (χ0n) is 11.2. The second-order valence-corrected chi connectivity index (χ2v) is 6.93. The molecule has 0 unspecified atom stereocenters. The van der Waals surface area contributed by atoms with Crippen LogP contribution in [-0.2, 0) is 0 Å². The summed E-state index contributed by atoms with van der Waals surface area (Å²) in [4.78, 5) is 26.7. The summed E-state index contributed by atoms with van der Waals surface area (Å²) in [6.45, 7) is 1.85. The molecule has 0 aliphatic heterocycles. The van der Waals surface area contributed by atoms with Gasteiger partial charge in [-0.1, -0.05) is 19.1 Å². The van der Waals surface area contributed by atoms with Crippen LogP contribution < -0.4 is 0 Å². The Hall–Kier alpha value is -1.17. The third-order valence-electron chi connectivity index (χ3n) is 2.86. The number of allylic oxidation sites excluding steroid dienone is 2. The van der Waals surface area contributed by atoms with Crippen molar-refractivity contribution in [1.29, 1.82) is 0 Å². The van der Waals surface area contributed by atoms with Gasteiger partial charge in [0.1, 0.15) is 0 Å². The smallest absolute Gasteiger partial charge is 0.196 e. The van der Waals surface area contributed by atoms with Gasteiger partial charge in [-0.3, -0.25) is 9.59 Å². The molecule has 2 aromatic rings. The Labute approximate surface area is 130 Å². The predicted molar refractivity (Wildman–Crippen MR) is 88.1 cm³/mol. The summed E-state index contributed by atoms with van der Waals surface area (Å²) in [6.07, 6.45) is 3.48. The predicted octanol–water partition coefficient (Wildman–Crippen LogP) is 4.76. The molecule has 2 aromatic heterocycles. The number of thiophene rings is 2. The highest BCUT2D eigenvalue weighted by Gasteiger charge is 2.21.